The van der Waals surface area contributed by atoms with Crippen LogP contribution in [0.5, 0.6) is 0 Å². The molecule has 5 N–H and O–H groups in total. The molecule has 0 amide bonds. The second-order valence-electron chi connectivity index (χ2n) is 2.27. The number of aliphatic hydroxyl groups is 1. The zero-order valence-electron chi connectivity index (χ0n) is 5.94. The molecule has 0 heterocycles. The van der Waals surface area contributed by atoms with Crippen molar-refractivity contribution in [2.75, 3.05) is 12.8 Å². The van der Waals surface area contributed by atoms with Crippen LogP contribution >= 0.6 is 15.2 Å². The minimum absolute atomic E-state index is 0.949. The normalized spacial score (nSPS) is 16.1. The van der Waals surface area contributed by atoms with Crippen molar-refractivity contribution in [1.82, 2.24) is 0 Å². The van der Waals surface area contributed by atoms with Crippen LogP contribution in [0.25, 0.3) is 0 Å². The molecule has 0 aliphatic carbocycles. The number of hydrogen-bond acceptors (Lipinski definition) is 3. The summed E-state index contributed by atoms with van der Waals surface area (Å²) in [5.74, 6) is 0. The largest absolute Gasteiger partial charge is 0.395 e. The van der Waals surface area contributed by atoms with Crippen molar-refractivity contribution >= 4 is 15.2 Å². The average molecular weight is 220 g/mol. The van der Waals surface area contributed by atoms with Crippen LogP contribution in [0, 0.1) is 0 Å². The van der Waals surface area contributed by atoms with Gasteiger partial charge in [-0.25, -0.2) is 0 Å². The summed E-state index contributed by atoms with van der Waals surface area (Å²) < 4.78 is 20.7. The third-order valence-electron chi connectivity index (χ3n) is 1.14. The Morgan fingerprint density at radius 3 is 1.58 bits per heavy atom. The quantitative estimate of drug-likeness (QED) is 0.371. The van der Waals surface area contributed by atoms with E-state index in [2.05, 4.69) is 0 Å². The number of rotatable bonds is 4. The highest BCUT2D eigenvalue weighted by atomic mass is 31.2. The van der Waals surface area contributed by atoms with Crippen molar-refractivity contribution in [3.63, 3.8) is 0 Å². The molecule has 0 saturated heterocycles. The molecule has 7 nitrogen and oxygen atoms in total. The van der Waals surface area contributed by atoms with Gasteiger partial charge in [0, 0.05) is 0 Å². The molecule has 0 aliphatic heterocycles. The maximum Gasteiger partial charge on any atom is 0.331 e. The molecule has 0 aromatic rings. The summed E-state index contributed by atoms with van der Waals surface area (Å²) in [6.45, 7) is -0.949. The smallest absolute Gasteiger partial charge is 0.331 e. The van der Waals surface area contributed by atoms with Crippen molar-refractivity contribution in [1.29, 1.82) is 0 Å². The number of hydrogen-bond donors (Lipinski definition) is 5. The van der Waals surface area contributed by atoms with Gasteiger partial charge in [0.1, 0.15) is 0 Å². The van der Waals surface area contributed by atoms with E-state index in [9.17, 15) is 9.13 Å². The van der Waals surface area contributed by atoms with Gasteiger partial charge in [-0.1, -0.05) is 0 Å². The van der Waals surface area contributed by atoms with E-state index in [0.29, 0.717) is 0 Å². The first-order chi connectivity index (χ1) is 5.17. The van der Waals surface area contributed by atoms with Gasteiger partial charge in [0.15, 0.2) is 0 Å². The molecule has 0 rings (SSSR count). The number of aliphatic hydroxyl groups excluding tert-OH is 1. The molecule has 12 heavy (non-hydrogen) atoms. The first-order valence-electron chi connectivity index (χ1n) is 2.87. The predicted molar refractivity (Wildman–Crippen MR) is 39.8 cm³/mol. The molecule has 0 aromatic heterocycles. The zero-order valence-corrected chi connectivity index (χ0v) is 7.73. The topological polar surface area (TPSA) is 135 Å². The van der Waals surface area contributed by atoms with Crippen LogP contribution in [0.2, 0.25) is 0 Å². The van der Waals surface area contributed by atoms with Crippen LogP contribution in [0.1, 0.15) is 0 Å². The van der Waals surface area contributed by atoms with E-state index in [-0.39, 0.29) is 0 Å². The Bertz CT molecular complexity index is 225. The Hall–Kier alpha value is 0.260. The molecule has 0 bridgehead atoms. The third kappa shape index (κ3) is 5.00. The summed E-state index contributed by atoms with van der Waals surface area (Å²) in [6, 6.07) is 0. The molecule has 1 atom stereocenters. The minimum Gasteiger partial charge on any atom is -0.395 e. The second-order valence-corrected chi connectivity index (χ2v) is 5.88. The summed E-state index contributed by atoms with van der Waals surface area (Å²) in [4.78, 5) is 33.6. The molecule has 0 radical (unpaired) electrons. The van der Waals surface area contributed by atoms with E-state index in [4.69, 9.17) is 24.7 Å². The lowest BCUT2D eigenvalue weighted by Gasteiger charge is -2.15. The molecule has 0 fully saturated rings. The van der Waals surface area contributed by atoms with Gasteiger partial charge in [0.05, 0.1) is 18.4 Å². The van der Waals surface area contributed by atoms with Crippen molar-refractivity contribution < 1.29 is 33.8 Å². The molecular formula is C3H10O7P2. The average Bonchev–Trinajstić information content (AvgIpc) is 1.78. The molecule has 74 valence electrons. The van der Waals surface area contributed by atoms with Crippen LogP contribution in [0.15, 0.2) is 0 Å². The molecular weight excluding hydrogens is 210 g/mol. The Morgan fingerprint density at radius 2 is 1.50 bits per heavy atom. The first kappa shape index (κ1) is 12.3. The van der Waals surface area contributed by atoms with E-state index in [1.807, 2.05) is 0 Å². The van der Waals surface area contributed by atoms with Crippen LogP contribution in [-0.4, -0.2) is 43.1 Å². The van der Waals surface area contributed by atoms with E-state index in [1.54, 1.807) is 0 Å². The van der Waals surface area contributed by atoms with Crippen LogP contribution in [0.4, 0.5) is 0 Å². The van der Waals surface area contributed by atoms with Crippen molar-refractivity contribution in [3.8, 4) is 0 Å². The van der Waals surface area contributed by atoms with E-state index in [1.165, 1.54) is 0 Å². The highest BCUT2D eigenvalue weighted by molar-refractivity contribution is 7.56. The molecule has 0 spiro atoms. The second kappa shape index (κ2) is 3.98. The van der Waals surface area contributed by atoms with Crippen molar-refractivity contribution in [2.24, 2.45) is 0 Å². The fourth-order valence-electron chi connectivity index (χ4n) is 0.545. The molecule has 9 heteroatoms. The summed E-state index contributed by atoms with van der Waals surface area (Å²) in [7, 11) is -9.10. The van der Waals surface area contributed by atoms with Gasteiger partial charge >= 0.3 is 15.2 Å². The Balaban J connectivity index is 4.41. The van der Waals surface area contributed by atoms with Gasteiger partial charge in [0.2, 0.25) is 0 Å². The Labute approximate surface area is 68.4 Å². The summed E-state index contributed by atoms with van der Waals surface area (Å²) >= 11 is 0. The van der Waals surface area contributed by atoms with Crippen LogP contribution < -0.4 is 0 Å². The maximum absolute atomic E-state index is 10.4. The van der Waals surface area contributed by atoms with Crippen LogP contribution in [-0.2, 0) is 9.13 Å². The first-order valence-corrected chi connectivity index (χ1v) is 6.35. The Morgan fingerprint density at radius 1 is 1.08 bits per heavy atom. The molecule has 1 unspecified atom stereocenters. The van der Waals surface area contributed by atoms with Crippen molar-refractivity contribution in [2.45, 2.75) is 5.66 Å². The summed E-state index contributed by atoms with van der Waals surface area (Å²) in [6.07, 6.45) is -1.01. The summed E-state index contributed by atoms with van der Waals surface area (Å²) in [5, 5.41) is 8.39. The lowest BCUT2D eigenvalue weighted by Crippen LogP contribution is -2.18. The monoisotopic (exact) mass is 220 g/mol. The summed E-state index contributed by atoms with van der Waals surface area (Å²) in [5.41, 5.74) is -1.68. The van der Waals surface area contributed by atoms with Gasteiger partial charge < -0.3 is 24.7 Å². The highest BCUT2D eigenvalue weighted by Gasteiger charge is 2.34. The third-order valence-corrected chi connectivity index (χ3v) is 3.64. The SMILES string of the molecule is O=P(O)(O)CC(CO)P(=O)(O)O. The van der Waals surface area contributed by atoms with Gasteiger partial charge in [-0.15, -0.1) is 0 Å². The lowest BCUT2D eigenvalue weighted by atomic mass is 10.5. The molecule has 0 aliphatic rings. The van der Waals surface area contributed by atoms with E-state index >= 15 is 0 Å². The van der Waals surface area contributed by atoms with Gasteiger partial charge in [-0.3, -0.25) is 9.13 Å². The zero-order chi connectivity index (χ0) is 9.99. The fourth-order valence-corrected chi connectivity index (χ4v) is 2.91. The molecule has 0 aromatic carbocycles. The van der Waals surface area contributed by atoms with Crippen molar-refractivity contribution in [3.05, 3.63) is 0 Å². The molecule has 0 saturated carbocycles. The van der Waals surface area contributed by atoms with Gasteiger partial charge in [-0.05, 0) is 0 Å². The highest BCUT2D eigenvalue weighted by Crippen LogP contribution is 2.48. The fraction of sp³-hybridized carbons (Fsp3) is 1.00. The van der Waals surface area contributed by atoms with E-state index < -0.39 is 33.6 Å². The maximum atomic E-state index is 10.4. The predicted octanol–water partition coefficient (Wildman–Crippen LogP) is -1.30. The standard InChI is InChI=1S/C3H10O7P2/c4-1-3(12(8,9)10)2-11(5,6)7/h3-4H,1-2H2,(H2,5,6,7)(H2,8,9,10). The van der Waals surface area contributed by atoms with Gasteiger partial charge in [0.25, 0.3) is 0 Å². The minimum atomic E-state index is -4.61. The lowest BCUT2D eigenvalue weighted by molar-refractivity contribution is 0.265. The van der Waals surface area contributed by atoms with Gasteiger partial charge in [-0.2, -0.15) is 0 Å². The van der Waals surface area contributed by atoms with E-state index in [0.717, 1.165) is 0 Å². The Kier molecular flexibility index (Phi) is 4.07. The van der Waals surface area contributed by atoms with Crippen LogP contribution in [0.3, 0.4) is 0 Å².